The summed E-state index contributed by atoms with van der Waals surface area (Å²) >= 11 is 7.72. The minimum atomic E-state index is -0.0892. The van der Waals surface area contributed by atoms with Gasteiger partial charge in [0.2, 0.25) is 0 Å². The van der Waals surface area contributed by atoms with Crippen LogP contribution in [0.15, 0.2) is 18.3 Å². The lowest BCUT2D eigenvalue weighted by molar-refractivity contribution is -0.0129. The zero-order valence-corrected chi connectivity index (χ0v) is 14.0. The summed E-state index contributed by atoms with van der Waals surface area (Å²) in [7, 11) is 0. The molecule has 2 fully saturated rings. The molecule has 0 radical (unpaired) electrons. The maximum atomic E-state index is 12.3. The molecule has 1 aromatic heterocycles. The molecule has 5 nitrogen and oxygen atoms in total. The van der Waals surface area contributed by atoms with Crippen LogP contribution in [0.2, 0.25) is 5.15 Å². The molecule has 0 spiro atoms. The smallest absolute Gasteiger partial charge is 0.252 e. The van der Waals surface area contributed by atoms with Gasteiger partial charge < -0.3 is 10.1 Å². The molecule has 3 heterocycles. The Balaban J connectivity index is 1.64. The van der Waals surface area contributed by atoms with Crippen molar-refractivity contribution in [2.24, 2.45) is 0 Å². The number of nitrogens with one attached hydrogen (secondary N) is 1. The fourth-order valence-corrected chi connectivity index (χ4v) is 4.58. The molecule has 1 amide bonds. The third-order valence-corrected chi connectivity index (χ3v) is 5.79. The van der Waals surface area contributed by atoms with E-state index in [2.05, 4.69) is 15.2 Å². The van der Waals surface area contributed by atoms with Crippen LogP contribution in [0.3, 0.4) is 0 Å². The molecule has 1 atom stereocenters. The molecule has 1 aromatic rings. The van der Waals surface area contributed by atoms with Crippen molar-refractivity contribution in [2.75, 3.05) is 44.4 Å². The number of hydrogen-bond acceptors (Lipinski definition) is 5. The van der Waals surface area contributed by atoms with E-state index in [4.69, 9.17) is 16.3 Å². The number of rotatable bonds is 4. The minimum Gasteiger partial charge on any atom is -0.379 e. The Morgan fingerprint density at radius 1 is 1.45 bits per heavy atom. The van der Waals surface area contributed by atoms with Gasteiger partial charge in [-0.15, -0.1) is 0 Å². The van der Waals surface area contributed by atoms with E-state index < -0.39 is 0 Å². The molecule has 1 unspecified atom stereocenters. The standard InChI is InChI=1S/C15H20ClN3O2S/c16-13-2-1-12(9-17-13)14(20)18-10-15(3-8-22-11-15)19-4-6-21-7-5-19/h1-2,9H,3-8,10-11H2,(H,18,20). The number of carbonyl (C=O) groups is 1. The van der Waals surface area contributed by atoms with Gasteiger partial charge in [-0.1, -0.05) is 11.6 Å². The first-order chi connectivity index (χ1) is 10.7. The van der Waals surface area contributed by atoms with Gasteiger partial charge in [-0.2, -0.15) is 11.8 Å². The second-order valence-electron chi connectivity index (χ2n) is 5.68. The molecule has 0 bridgehead atoms. The molecule has 2 aliphatic heterocycles. The maximum Gasteiger partial charge on any atom is 0.252 e. The van der Waals surface area contributed by atoms with E-state index in [1.807, 2.05) is 11.8 Å². The first-order valence-corrected chi connectivity index (χ1v) is 9.03. The fraction of sp³-hybridized carbons (Fsp3) is 0.600. The van der Waals surface area contributed by atoms with Gasteiger partial charge in [0.25, 0.3) is 5.91 Å². The number of ether oxygens (including phenoxy) is 1. The predicted molar refractivity (Wildman–Crippen MR) is 88.6 cm³/mol. The minimum absolute atomic E-state index is 0.0595. The highest BCUT2D eigenvalue weighted by molar-refractivity contribution is 7.99. The molecule has 120 valence electrons. The Morgan fingerprint density at radius 2 is 2.27 bits per heavy atom. The third-order valence-electron chi connectivity index (χ3n) is 4.33. The monoisotopic (exact) mass is 341 g/mol. The highest BCUT2D eigenvalue weighted by Crippen LogP contribution is 2.33. The van der Waals surface area contributed by atoms with Crippen LogP contribution in [0.4, 0.5) is 0 Å². The van der Waals surface area contributed by atoms with Gasteiger partial charge in [-0.3, -0.25) is 9.69 Å². The summed E-state index contributed by atoms with van der Waals surface area (Å²) in [6.45, 7) is 4.11. The molecular formula is C15H20ClN3O2S. The van der Waals surface area contributed by atoms with E-state index in [-0.39, 0.29) is 11.4 Å². The van der Waals surface area contributed by atoms with Gasteiger partial charge in [0.15, 0.2) is 0 Å². The molecule has 0 aliphatic carbocycles. The molecule has 3 rings (SSSR count). The second-order valence-corrected chi connectivity index (χ2v) is 7.17. The summed E-state index contributed by atoms with van der Waals surface area (Å²) in [6, 6.07) is 3.34. The Bertz CT molecular complexity index is 514. The van der Waals surface area contributed by atoms with Crippen LogP contribution in [0, 0.1) is 0 Å². The number of nitrogens with zero attached hydrogens (tertiary/aromatic N) is 2. The highest BCUT2D eigenvalue weighted by Gasteiger charge is 2.40. The molecular weight excluding hydrogens is 322 g/mol. The topological polar surface area (TPSA) is 54.5 Å². The second kappa shape index (κ2) is 7.17. The van der Waals surface area contributed by atoms with Crippen molar-refractivity contribution in [2.45, 2.75) is 12.0 Å². The normalized spacial score (nSPS) is 26.0. The van der Waals surface area contributed by atoms with Gasteiger partial charge in [0.05, 0.1) is 18.8 Å². The zero-order chi connectivity index (χ0) is 15.4. The first kappa shape index (κ1) is 16.1. The number of halogens is 1. The molecule has 22 heavy (non-hydrogen) atoms. The van der Waals surface area contributed by atoms with Crippen molar-refractivity contribution >= 4 is 29.3 Å². The Kier molecular flexibility index (Phi) is 5.23. The first-order valence-electron chi connectivity index (χ1n) is 7.50. The average molecular weight is 342 g/mol. The molecule has 7 heteroatoms. The number of amides is 1. The van der Waals surface area contributed by atoms with Crippen LogP contribution in [0.5, 0.6) is 0 Å². The third kappa shape index (κ3) is 3.56. The summed E-state index contributed by atoms with van der Waals surface area (Å²) in [5.74, 6) is 2.12. The van der Waals surface area contributed by atoms with E-state index in [9.17, 15) is 4.79 Å². The lowest BCUT2D eigenvalue weighted by atomic mass is 9.95. The van der Waals surface area contributed by atoms with Crippen LogP contribution >= 0.6 is 23.4 Å². The van der Waals surface area contributed by atoms with E-state index in [0.29, 0.717) is 17.3 Å². The molecule has 1 N–H and O–H groups in total. The zero-order valence-electron chi connectivity index (χ0n) is 12.4. The van der Waals surface area contributed by atoms with Crippen molar-refractivity contribution in [1.82, 2.24) is 15.2 Å². The van der Waals surface area contributed by atoms with Crippen LogP contribution in [0.25, 0.3) is 0 Å². The summed E-state index contributed by atoms with van der Waals surface area (Å²) in [5.41, 5.74) is 0.608. The largest absolute Gasteiger partial charge is 0.379 e. The van der Waals surface area contributed by atoms with Gasteiger partial charge in [0, 0.05) is 37.1 Å². The van der Waals surface area contributed by atoms with E-state index in [0.717, 1.165) is 44.2 Å². The average Bonchev–Trinajstić information content (AvgIpc) is 3.04. The van der Waals surface area contributed by atoms with Gasteiger partial charge in [0.1, 0.15) is 5.15 Å². The van der Waals surface area contributed by atoms with Crippen molar-refractivity contribution in [3.8, 4) is 0 Å². The van der Waals surface area contributed by atoms with Crippen LogP contribution in [0.1, 0.15) is 16.8 Å². The maximum absolute atomic E-state index is 12.3. The summed E-state index contributed by atoms with van der Waals surface area (Å²) in [4.78, 5) is 18.7. The van der Waals surface area contributed by atoms with Crippen LogP contribution < -0.4 is 5.32 Å². The van der Waals surface area contributed by atoms with Gasteiger partial charge in [-0.05, 0) is 24.3 Å². The molecule has 0 saturated carbocycles. The number of pyridine rings is 1. The van der Waals surface area contributed by atoms with Gasteiger partial charge >= 0.3 is 0 Å². The summed E-state index contributed by atoms with van der Waals surface area (Å²) in [5, 5.41) is 3.48. The molecule has 0 aromatic carbocycles. The van der Waals surface area contributed by atoms with E-state index in [1.165, 1.54) is 6.20 Å². The van der Waals surface area contributed by atoms with Gasteiger partial charge in [-0.25, -0.2) is 4.98 Å². The number of thioether (sulfide) groups is 1. The lowest BCUT2D eigenvalue weighted by Crippen LogP contribution is -2.59. The Labute approximate surface area is 139 Å². The fourth-order valence-electron chi connectivity index (χ4n) is 2.99. The van der Waals surface area contributed by atoms with Crippen molar-refractivity contribution < 1.29 is 9.53 Å². The van der Waals surface area contributed by atoms with Crippen molar-refractivity contribution in [3.63, 3.8) is 0 Å². The molecule has 2 saturated heterocycles. The predicted octanol–water partition coefficient (Wildman–Crippen LogP) is 1.67. The number of carbonyl (C=O) groups excluding carboxylic acids is 1. The Morgan fingerprint density at radius 3 is 2.91 bits per heavy atom. The van der Waals surface area contributed by atoms with E-state index >= 15 is 0 Å². The Hall–Kier alpha value is -0.820. The number of aromatic nitrogens is 1. The molecule has 2 aliphatic rings. The van der Waals surface area contributed by atoms with E-state index in [1.54, 1.807) is 12.1 Å². The quantitative estimate of drug-likeness (QED) is 0.844. The number of morpholine rings is 1. The highest BCUT2D eigenvalue weighted by atomic mass is 35.5. The van der Waals surface area contributed by atoms with Crippen LogP contribution in [-0.4, -0.2) is 65.7 Å². The van der Waals surface area contributed by atoms with Crippen molar-refractivity contribution in [3.05, 3.63) is 29.0 Å². The van der Waals surface area contributed by atoms with Crippen LogP contribution in [-0.2, 0) is 4.74 Å². The summed E-state index contributed by atoms with van der Waals surface area (Å²) in [6.07, 6.45) is 2.62. The van der Waals surface area contributed by atoms with Crippen molar-refractivity contribution in [1.29, 1.82) is 0 Å². The number of hydrogen-bond donors (Lipinski definition) is 1. The SMILES string of the molecule is O=C(NCC1(N2CCOCC2)CCSC1)c1ccc(Cl)nc1. The lowest BCUT2D eigenvalue weighted by Gasteiger charge is -2.43. The summed E-state index contributed by atoms with van der Waals surface area (Å²) < 4.78 is 5.45.